The average molecular weight is 360 g/mol. The molecule has 0 radical (unpaired) electrons. The van der Waals surface area contributed by atoms with E-state index in [0.717, 1.165) is 38.5 Å². The summed E-state index contributed by atoms with van der Waals surface area (Å²) in [6.45, 7) is 3.07. The van der Waals surface area contributed by atoms with Crippen LogP contribution >= 0.6 is 11.6 Å². The van der Waals surface area contributed by atoms with Crippen molar-refractivity contribution in [2.24, 2.45) is 11.1 Å². The van der Waals surface area contributed by atoms with Gasteiger partial charge in [-0.3, -0.25) is 4.90 Å². The summed E-state index contributed by atoms with van der Waals surface area (Å²) in [5.41, 5.74) is -0.643. The van der Waals surface area contributed by atoms with Crippen LogP contribution in [0.3, 0.4) is 0 Å². The van der Waals surface area contributed by atoms with Crippen LogP contribution in [0.15, 0.2) is 23.4 Å². The zero-order valence-corrected chi connectivity index (χ0v) is 13.6. The predicted molar refractivity (Wildman–Crippen MR) is 85.1 cm³/mol. The third kappa shape index (κ3) is 2.73. The molecule has 4 heterocycles. The van der Waals surface area contributed by atoms with Gasteiger partial charge >= 0.3 is 6.18 Å². The summed E-state index contributed by atoms with van der Waals surface area (Å²) in [6, 6.07) is 3.61. The van der Waals surface area contributed by atoms with Crippen LogP contribution in [0.25, 0.3) is 0 Å². The minimum Gasteiger partial charge on any atom is -0.386 e. The van der Waals surface area contributed by atoms with E-state index in [1.807, 2.05) is 0 Å². The monoisotopic (exact) mass is 359 g/mol. The summed E-state index contributed by atoms with van der Waals surface area (Å²) in [5.74, 6) is 1.13. The molecule has 4 aliphatic rings. The Labute approximate surface area is 142 Å². The third-order valence-electron chi connectivity index (χ3n) is 5.19. The number of nitrogens with one attached hydrogen (secondary N) is 1. The number of rotatable bonds is 1. The molecule has 8 heteroatoms. The molecule has 3 fully saturated rings. The number of piperidine rings is 3. The number of alkyl halides is 3. The first-order chi connectivity index (χ1) is 11.4. The second-order valence-electron chi connectivity index (χ2n) is 6.74. The maximum absolute atomic E-state index is 12.8. The molecule has 2 bridgehead atoms. The number of nitrogens with zero attached hydrogens (tertiary/aromatic N) is 2. The van der Waals surface area contributed by atoms with Crippen LogP contribution in [0, 0.1) is 5.92 Å². The van der Waals surface area contributed by atoms with Gasteiger partial charge < -0.3 is 10.2 Å². The highest BCUT2D eigenvalue weighted by Crippen LogP contribution is 2.43. The molecule has 0 aromatic heterocycles. The lowest BCUT2D eigenvalue weighted by molar-refractivity contribution is -0.137. The van der Waals surface area contributed by atoms with E-state index in [4.69, 9.17) is 16.4 Å². The molecule has 3 saturated heterocycles. The van der Waals surface area contributed by atoms with E-state index in [1.165, 1.54) is 12.1 Å². The van der Waals surface area contributed by atoms with Crippen LogP contribution in [0.5, 0.6) is 0 Å². The van der Waals surface area contributed by atoms with Gasteiger partial charge in [0.1, 0.15) is 0 Å². The van der Waals surface area contributed by atoms with Gasteiger partial charge in [-0.25, -0.2) is 0 Å². The number of hydrogen-bond donors (Lipinski definition) is 1. The fourth-order valence-electron chi connectivity index (χ4n) is 3.98. The van der Waals surface area contributed by atoms with Gasteiger partial charge in [0.25, 0.3) is 0 Å². The molecule has 5 rings (SSSR count). The van der Waals surface area contributed by atoms with E-state index in [9.17, 15) is 13.2 Å². The van der Waals surface area contributed by atoms with Crippen LogP contribution in [0.2, 0.25) is 5.02 Å². The van der Waals surface area contributed by atoms with Gasteiger partial charge in [0.05, 0.1) is 17.0 Å². The Kier molecular flexibility index (Phi) is 3.69. The van der Waals surface area contributed by atoms with Crippen molar-refractivity contribution in [3.05, 3.63) is 28.8 Å². The fourth-order valence-corrected chi connectivity index (χ4v) is 4.27. The van der Waals surface area contributed by atoms with Gasteiger partial charge in [-0.15, -0.1) is 0 Å². The SMILES string of the molecule is FC(F)(F)c1ccc(NC2=NO[C@@]3(C2)CN2CCC3CC2)cc1Cl. The summed E-state index contributed by atoms with van der Waals surface area (Å²) < 4.78 is 38.3. The standard InChI is InChI=1S/C16H17ClF3N3O/c17-13-7-11(1-2-12(13)16(18,19)20)21-14-8-15(24-22-14)9-23-5-3-10(15)4-6-23/h1-2,7,10H,3-6,8-9H2,(H,21,22)/t15-/m0/s1. The number of benzene rings is 1. The zero-order valence-electron chi connectivity index (χ0n) is 12.9. The lowest BCUT2D eigenvalue weighted by atomic mass is 9.73. The highest BCUT2D eigenvalue weighted by Gasteiger charge is 2.52. The maximum atomic E-state index is 12.8. The molecule has 1 aromatic carbocycles. The number of oxime groups is 1. The molecular formula is C16H17ClF3N3O. The molecule has 1 spiro atoms. The lowest BCUT2D eigenvalue weighted by Gasteiger charge is -2.49. The van der Waals surface area contributed by atoms with Crippen molar-refractivity contribution >= 4 is 23.1 Å². The molecule has 0 aliphatic carbocycles. The van der Waals surface area contributed by atoms with Crippen molar-refractivity contribution in [3.63, 3.8) is 0 Å². The molecule has 0 unspecified atom stereocenters. The van der Waals surface area contributed by atoms with Crippen molar-refractivity contribution in [1.29, 1.82) is 0 Å². The van der Waals surface area contributed by atoms with Gasteiger partial charge in [-0.05, 0) is 44.1 Å². The van der Waals surface area contributed by atoms with Crippen molar-refractivity contribution in [2.75, 3.05) is 25.0 Å². The van der Waals surface area contributed by atoms with E-state index in [0.29, 0.717) is 23.9 Å². The number of hydrogen-bond acceptors (Lipinski definition) is 4. The highest BCUT2D eigenvalue weighted by atomic mass is 35.5. The zero-order chi connectivity index (χ0) is 16.9. The molecule has 0 saturated carbocycles. The minimum absolute atomic E-state index is 0.283. The Hall–Kier alpha value is -1.47. The van der Waals surface area contributed by atoms with E-state index in [-0.39, 0.29) is 10.6 Å². The Morgan fingerprint density at radius 2 is 2.04 bits per heavy atom. The largest absolute Gasteiger partial charge is 0.417 e. The summed E-state index contributed by atoms with van der Waals surface area (Å²) in [5, 5.41) is 6.86. The number of amidine groups is 1. The van der Waals surface area contributed by atoms with Crippen LogP contribution in [-0.2, 0) is 11.0 Å². The van der Waals surface area contributed by atoms with E-state index >= 15 is 0 Å². The average Bonchev–Trinajstić information content (AvgIpc) is 2.89. The van der Waals surface area contributed by atoms with Crippen molar-refractivity contribution in [1.82, 2.24) is 4.90 Å². The molecule has 1 aromatic rings. The van der Waals surface area contributed by atoms with Crippen molar-refractivity contribution in [2.45, 2.75) is 31.0 Å². The van der Waals surface area contributed by atoms with Gasteiger partial charge in [-0.2, -0.15) is 13.2 Å². The topological polar surface area (TPSA) is 36.9 Å². The first kappa shape index (κ1) is 16.0. The molecule has 1 atom stereocenters. The predicted octanol–water partition coefficient (Wildman–Crippen LogP) is 3.97. The summed E-state index contributed by atoms with van der Waals surface area (Å²) in [4.78, 5) is 8.16. The Morgan fingerprint density at radius 1 is 1.29 bits per heavy atom. The van der Waals surface area contributed by atoms with E-state index < -0.39 is 11.7 Å². The Morgan fingerprint density at radius 3 is 2.62 bits per heavy atom. The first-order valence-corrected chi connectivity index (χ1v) is 8.35. The van der Waals surface area contributed by atoms with Crippen molar-refractivity contribution < 1.29 is 18.0 Å². The van der Waals surface area contributed by atoms with Gasteiger partial charge in [0.15, 0.2) is 11.4 Å². The maximum Gasteiger partial charge on any atom is 0.417 e. The van der Waals surface area contributed by atoms with E-state index in [1.54, 1.807) is 0 Å². The number of anilines is 1. The second-order valence-corrected chi connectivity index (χ2v) is 7.15. The lowest BCUT2D eigenvalue weighted by Crippen LogP contribution is -2.59. The van der Waals surface area contributed by atoms with Crippen LogP contribution in [0.1, 0.15) is 24.8 Å². The molecule has 0 amide bonds. The smallest absolute Gasteiger partial charge is 0.386 e. The van der Waals surface area contributed by atoms with Gasteiger partial charge in [0.2, 0.25) is 0 Å². The van der Waals surface area contributed by atoms with E-state index in [2.05, 4.69) is 15.4 Å². The van der Waals surface area contributed by atoms with Crippen molar-refractivity contribution in [3.8, 4) is 0 Å². The molecular weight excluding hydrogens is 343 g/mol. The normalized spacial score (nSPS) is 31.9. The quantitative estimate of drug-likeness (QED) is 0.824. The highest BCUT2D eigenvalue weighted by molar-refractivity contribution is 6.31. The van der Waals surface area contributed by atoms with Crippen LogP contribution in [0.4, 0.5) is 18.9 Å². The Balaban J connectivity index is 1.46. The second kappa shape index (κ2) is 5.52. The number of fused-ring (bicyclic) bond motifs is 2. The summed E-state index contributed by atoms with van der Waals surface area (Å²) >= 11 is 5.76. The first-order valence-electron chi connectivity index (χ1n) is 7.97. The van der Waals surface area contributed by atoms with Crippen LogP contribution < -0.4 is 5.32 Å². The third-order valence-corrected chi connectivity index (χ3v) is 5.50. The molecule has 130 valence electrons. The van der Waals surface area contributed by atoms with Gasteiger partial charge in [0, 0.05) is 18.2 Å². The minimum atomic E-state index is -4.45. The Bertz CT molecular complexity index is 686. The summed E-state index contributed by atoms with van der Waals surface area (Å²) in [6.07, 6.45) is -1.60. The summed E-state index contributed by atoms with van der Waals surface area (Å²) in [7, 11) is 0. The van der Waals surface area contributed by atoms with Gasteiger partial charge in [-0.1, -0.05) is 16.8 Å². The van der Waals surface area contributed by atoms with Crippen LogP contribution in [-0.4, -0.2) is 36.0 Å². The fraction of sp³-hybridized carbons (Fsp3) is 0.562. The molecule has 1 N–H and O–H groups in total. The molecule has 4 aliphatic heterocycles. The molecule has 24 heavy (non-hydrogen) atoms. The number of halogens is 4. The molecule has 4 nitrogen and oxygen atoms in total.